The number of hydrogen-bond acceptors (Lipinski definition) is 4. The Morgan fingerprint density at radius 3 is 1.61 bits per heavy atom. The summed E-state index contributed by atoms with van der Waals surface area (Å²) in [5.41, 5.74) is 2.76. The Kier molecular flexibility index (Phi) is 13.0. The van der Waals surface area contributed by atoms with Gasteiger partial charge in [0.05, 0.1) is 12.1 Å². The summed E-state index contributed by atoms with van der Waals surface area (Å²) >= 11 is 0. The van der Waals surface area contributed by atoms with Crippen LogP contribution in [0.4, 0.5) is 0 Å². The third-order valence-corrected chi connectivity index (χ3v) is 11.3. The highest BCUT2D eigenvalue weighted by Gasteiger charge is 2.35. The molecule has 3 fully saturated rings. The first-order chi connectivity index (χ1) is 18.2. The maximum absolute atomic E-state index is 6.38. The standard InChI is InChI=1S/C33H63N3OSi/c1-9-25-16-13-17-26(10-2)32(25)34-24(5)29-20-15-21-30(35-29)31(22-23-37-38(6,7)8)36-33-27(11-3)18-14-19-28(33)12-4/h25-30,32-33,35H,9-23H2,1-8H3. The number of nitrogens with one attached hydrogen (secondary N) is 1. The molecule has 1 saturated heterocycles. The van der Waals surface area contributed by atoms with Gasteiger partial charge in [-0.1, -0.05) is 66.2 Å². The highest BCUT2D eigenvalue weighted by molar-refractivity contribution is 6.69. The van der Waals surface area contributed by atoms with E-state index in [1.54, 1.807) is 0 Å². The van der Waals surface area contributed by atoms with E-state index < -0.39 is 8.32 Å². The number of nitrogens with zero attached hydrogens (tertiary/aromatic N) is 2. The molecule has 0 spiro atoms. The first-order valence-corrected chi connectivity index (χ1v) is 20.1. The second-order valence-corrected chi connectivity index (χ2v) is 18.3. The summed E-state index contributed by atoms with van der Waals surface area (Å²) in [5.74, 6) is 3.02. The van der Waals surface area contributed by atoms with Crippen LogP contribution >= 0.6 is 0 Å². The van der Waals surface area contributed by atoms with Gasteiger partial charge in [0.25, 0.3) is 0 Å². The molecule has 3 rings (SSSR count). The minimum atomic E-state index is -1.54. The molecule has 4 nitrogen and oxygen atoms in total. The lowest BCUT2D eigenvalue weighted by Crippen LogP contribution is -2.51. The van der Waals surface area contributed by atoms with Crippen LogP contribution < -0.4 is 5.32 Å². The van der Waals surface area contributed by atoms with Gasteiger partial charge in [-0.05, 0) is 95.2 Å². The molecule has 0 aromatic heterocycles. The van der Waals surface area contributed by atoms with Gasteiger partial charge in [-0.25, -0.2) is 0 Å². The zero-order valence-electron chi connectivity index (χ0n) is 26.5. The van der Waals surface area contributed by atoms with Crippen LogP contribution in [0.2, 0.25) is 19.6 Å². The Labute approximate surface area is 237 Å². The van der Waals surface area contributed by atoms with Crippen molar-refractivity contribution in [2.24, 2.45) is 33.7 Å². The summed E-state index contributed by atoms with van der Waals surface area (Å²) in [6.45, 7) is 19.6. The molecule has 0 bridgehead atoms. The zero-order chi connectivity index (χ0) is 27.7. The molecule has 0 aromatic carbocycles. The van der Waals surface area contributed by atoms with E-state index in [0.29, 0.717) is 24.2 Å². The van der Waals surface area contributed by atoms with Gasteiger partial charge in [0.2, 0.25) is 0 Å². The van der Waals surface area contributed by atoms with Crippen molar-refractivity contribution in [1.29, 1.82) is 0 Å². The van der Waals surface area contributed by atoms with Gasteiger partial charge in [0.15, 0.2) is 8.32 Å². The smallest absolute Gasteiger partial charge is 0.183 e. The predicted molar refractivity (Wildman–Crippen MR) is 169 cm³/mol. The Balaban J connectivity index is 1.82. The Morgan fingerprint density at radius 2 is 1.13 bits per heavy atom. The Hall–Kier alpha value is -0.523. The number of hydrogen-bond donors (Lipinski definition) is 1. The lowest BCUT2D eigenvalue weighted by Gasteiger charge is -2.39. The molecule has 2 saturated carbocycles. The minimum absolute atomic E-state index is 0.372. The summed E-state index contributed by atoms with van der Waals surface area (Å²) in [5, 5.41) is 4.11. The lowest BCUT2D eigenvalue weighted by atomic mass is 9.74. The topological polar surface area (TPSA) is 46.0 Å². The summed E-state index contributed by atoms with van der Waals surface area (Å²) in [7, 11) is -1.54. The van der Waals surface area contributed by atoms with E-state index in [2.05, 4.69) is 59.6 Å². The molecule has 3 aliphatic rings. The normalized spacial score (nSPS) is 35.9. The molecule has 38 heavy (non-hydrogen) atoms. The molecule has 0 aromatic rings. The maximum atomic E-state index is 6.38. The molecule has 1 N–H and O–H groups in total. The van der Waals surface area contributed by atoms with Crippen molar-refractivity contribution < 1.29 is 4.43 Å². The monoisotopic (exact) mass is 545 g/mol. The fourth-order valence-electron chi connectivity index (χ4n) is 7.78. The van der Waals surface area contributed by atoms with Crippen LogP contribution in [0.3, 0.4) is 0 Å². The summed E-state index contributed by atoms with van der Waals surface area (Å²) in [4.78, 5) is 11.2. The molecule has 6 atom stereocenters. The van der Waals surface area contributed by atoms with Crippen molar-refractivity contribution in [3.8, 4) is 0 Å². The fourth-order valence-corrected chi connectivity index (χ4v) is 8.49. The van der Waals surface area contributed by atoms with Gasteiger partial charge < -0.3 is 9.74 Å². The highest BCUT2D eigenvalue weighted by Crippen LogP contribution is 2.37. The molecular weight excluding hydrogens is 482 g/mol. The van der Waals surface area contributed by atoms with Gasteiger partial charge in [0, 0.05) is 36.5 Å². The van der Waals surface area contributed by atoms with Crippen LogP contribution in [0.1, 0.15) is 125 Å². The zero-order valence-corrected chi connectivity index (χ0v) is 27.5. The van der Waals surface area contributed by atoms with Gasteiger partial charge >= 0.3 is 0 Å². The Morgan fingerprint density at radius 1 is 0.684 bits per heavy atom. The van der Waals surface area contributed by atoms with E-state index in [0.717, 1.165) is 36.7 Å². The molecule has 6 unspecified atom stereocenters. The largest absolute Gasteiger partial charge is 0.417 e. The van der Waals surface area contributed by atoms with E-state index in [9.17, 15) is 0 Å². The minimum Gasteiger partial charge on any atom is -0.417 e. The van der Waals surface area contributed by atoms with E-state index >= 15 is 0 Å². The van der Waals surface area contributed by atoms with E-state index in [1.807, 2.05) is 0 Å². The second-order valence-electron chi connectivity index (χ2n) is 13.8. The van der Waals surface area contributed by atoms with Crippen molar-refractivity contribution in [3.63, 3.8) is 0 Å². The van der Waals surface area contributed by atoms with Crippen molar-refractivity contribution in [1.82, 2.24) is 5.32 Å². The van der Waals surface area contributed by atoms with Crippen molar-refractivity contribution in [3.05, 3.63) is 0 Å². The molecular formula is C33H63N3OSi. The van der Waals surface area contributed by atoms with Gasteiger partial charge in [-0.2, -0.15) is 0 Å². The third kappa shape index (κ3) is 8.99. The van der Waals surface area contributed by atoms with Gasteiger partial charge in [-0.15, -0.1) is 0 Å². The molecule has 220 valence electrons. The maximum Gasteiger partial charge on any atom is 0.183 e. The predicted octanol–water partition coefficient (Wildman–Crippen LogP) is 8.85. The summed E-state index contributed by atoms with van der Waals surface area (Å²) in [6.07, 6.45) is 17.9. The van der Waals surface area contributed by atoms with E-state index in [-0.39, 0.29) is 0 Å². The van der Waals surface area contributed by atoms with Crippen molar-refractivity contribution >= 4 is 19.7 Å². The summed E-state index contributed by atoms with van der Waals surface area (Å²) < 4.78 is 6.38. The fraction of sp³-hybridized carbons (Fsp3) is 0.939. The molecule has 2 aliphatic carbocycles. The first kappa shape index (κ1) is 32.0. The van der Waals surface area contributed by atoms with Crippen LogP contribution in [-0.4, -0.2) is 50.5 Å². The first-order valence-electron chi connectivity index (χ1n) is 16.7. The average Bonchev–Trinajstić information content (AvgIpc) is 2.91. The van der Waals surface area contributed by atoms with Gasteiger partial charge in [0.1, 0.15) is 0 Å². The van der Waals surface area contributed by atoms with E-state index in [1.165, 1.54) is 94.9 Å². The van der Waals surface area contributed by atoms with Crippen LogP contribution in [0.15, 0.2) is 9.98 Å². The van der Waals surface area contributed by atoms with Crippen LogP contribution in [0.25, 0.3) is 0 Å². The molecule has 1 heterocycles. The number of aliphatic imine (C=N–C) groups is 2. The van der Waals surface area contributed by atoms with Crippen molar-refractivity contribution in [2.45, 2.75) is 168 Å². The van der Waals surface area contributed by atoms with Crippen LogP contribution in [0, 0.1) is 23.7 Å². The average molecular weight is 546 g/mol. The quantitative estimate of drug-likeness (QED) is 0.197. The Bertz CT molecular complexity index is 736. The highest BCUT2D eigenvalue weighted by atomic mass is 28.4. The van der Waals surface area contributed by atoms with E-state index in [4.69, 9.17) is 14.4 Å². The molecule has 0 amide bonds. The molecule has 0 radical (unpaired) electrons. The van der Waals surface area contributed by atoms with Crippen molar-refractivity contribution in [2.75, 3.05) is 6.61 Å². The lowest BCUT2D eigenvalue weighted by molar-refractivity contribution is 0.210. The molecule has 5 heteroatoms. The second kappa shape index (κ2) is 15.5. The summed E-state index contributed by atoms with van der Waals surface area (Å²) in [6, 6.07) is 1.79. The SMILES string of the molecule is CCC1CCCC(CC)C1N=C(C)C1CCCC(C(CCO[Si](C)(C)C)=NC2C(CC)CCCC2CC)N1. The third-order valence-electron chi connectivity index (χ3n) is 10.2. The molecule has 1 aliphatic heterocycles. The number of piperidine rings is 1. The van der Waals surface area contributed by atoms with Crippen LogP contribution in [-0.2, 0) is 4.43 Å². The number of rotatable bonds is 12. The van der Waals surface area contributed by atoms with Gasteiger partial charge in [-0.3, -0.25) is 9.98 Å². The van der Waals surface area contributed by atoms with Crippen LogP contribution in [0.5, 0.6) is 0 Å².